The van der Waals surface area contributed by atoms with Gasteiger partial charge in [-0.3, -0.25) is 0 Å². The molecular formula is C32H35F3O. The van der Waals surface area contributed by atoms with Crippen LogP contribution in [-0.4, -0.2) is 7.11 Å². The number of ether oxygens (including phenoxy) is 1. The average Bonchev–Trinajstić information content (AvgIpc) is 2.90. The first kappa shape index (κ1) is 26.1. The van der Waals surface area contributed by atoms with Gasteiger partial charge in [-0.05, 0) is 71.9 Å². The molecule has 4 rings (SSSR count). The molecule has 36 heavy (non-hydrogen) atoms. The number of rotatable bonds is 9. The van der Waals surface area contributed by atoms with Crippen molar-refractivity contribution in [1.29, 1.82) is 0 Å². The van der Waals surface area contributed by atoms with Gasteiger partial charge in [0.1, 0.15) is 0 Å². The van der Waals surface area contributed by atoms with Crippen molar-refractivity contribution in [3.8, 4) is 16.9 Å². The lowest BCUT2D eigenvalue weighted by Gasteiger charge is -2.29. The number of hydrogen-bond acceptors (Lipinski definition) is 1. The third-order valence-corrected chi connectivity index (χ3v) is 7.48. The molecule has 0 spiro atoms. The highest BCUT2D eigenvalue weighted by atomic mass is 19.2. The van der Waals surface area contributed by atoms with Gasteiger partial charge in [0.2, 0.25) is 0 Å². The van der Waals surface area contributed by atoms with E-state index in [1.54, 1.807) is 42.5 Å². The molecule has 3 aromatic carbocycles. The molecule has 0 bridgehead atoms. The van der Waals surface area contributed by atoms with Crippen LogP contribution in [0.5, 0.6) is 5.75 Å². The Kier molecular flexibility index (Phi) is 8.90. The van der Waals surface area contributed by atoms with E-state index in [4.69, 9.17) is 4.74 Å². The van der Waals surface area contributed by atoms with Gasteiger partial charge in [-0.1, -0.05) is 87.2 Å². The van der Waals surface area contributed by atoms with E-state index in [0.717, 1.165) is 37.2 Å². The lowest BCUT2D eigenvalue weighted by molar-refractivity contribution is 0.298. The Morgan fingerprint density at radius 2 is 1.50 bits per heavy atom. The normalized spacial score (nSPS) is 18.0. The van der Waals surface area contributed by atoms with Gasteiger partial charge in [0.15, 0.2) is 23.2 Å². The van der Waals surface area contributed by atoms with Crippen LogP contribution >= 0.6 is 0 Å². The third kappa shape index (κ3) is 6.21. The van der Waals surface area contributed by atoms with E-state index in [0.29, 0.717) is 16.7 Å². The molecule has 0 radical (unpaired) electrons. The molecular weight excluding hydrogens is 457 g/mol. The largest absolute Gasteiger partial charge is 0.494 e. The molecule has 0 unspecified atom stereocenters. The van der Waals surface area contributed by atoms with E-state index in [1.165, 1.54) is 38.9 Å². The Hall–Kier alpha value is -3.01. The topological polar surface area (TPSA) is 9.23 Å². The summed E-state index contributed by atoms with van der Waals surface area (Å²) in [4.78, 5) is 0. The second kappa shape index (κ2) is 12.3. The van der Waals surface area contributed by atoms with Crippen LogP contribution in [0.15, 0.2) is 54.6 Å². The minimum atomic E-state index is -0.769. The highest BCUT2D eigenvalue weighted by Gasteiger charge is 2.26. The molecule has 0 N–H and O–H groups in total. The van der Waals surface area contributed by atoms with Crippen molar-refractivity contribution in [1.82, 2.24) is 0 Å². The minimum Gasteiger partial charge on any atom is -0.494 e. The maximum Gasteiger partial charge on any atom is 0.166 e. The molecule has 0 amide bonds. The van der Waals surface area contributed by atoms with Crippen LogP contribution in [0.25, 0.3) is 23.3 Å². The summed E-state index contributed by atoms with van der Waals surface area (Å²) in [5.41, 5.74) is 3.01. The van der Waals surface area contributed by atoms with Gasteiger partial charge in [-0.25, -0.2) is 13.2 Å². The summed E-state index contributed by atoms with van der Waals surface area (Å²) in [6, 6.07) is 15.5. The Labute approximate surface area is 213 Å². The summed E-state index contributed by atoms with van der Waals surface area (Å²) in [5.74, 6) is -0.854. The van der Waals surface area contributed by atoms with E-state index in [9.17, 15) is 4.39 Å². The van der Waals surface area contributed by atoms with Gasteiger partial charge in [-0.2, -0.15) is 0 Å². The smallest absolute Gasteiger partial charge is 0.166 e. The van der Waals surface area contributed by atoms with Gasteiger partial charge in [0.25, 0.3) is 0 Å². The van der Waals surface area contributed by atoms with Gasteiger partial charge in [0, 0.05) is 5.56 Å². The molecule has 4 heteroatoms. The molecule has 3 aromatic rings. The fourth-order valence-electron chi connectivity index (χ4n) is 5.30. The first-order valence-electron chi connectivity index (χ1n) is 13.1. The van der Waals surface area contributed by atoms with Crippen molar-refractivity contribution in [3.05, 3.63) is 88.7 Å². The molecule has 1 aliphatic carbocycles. The standard InChI is InChI=1S/C32H35F3O/c1-3-4-5-6-22-9-14-25(15-10-22)27-18-19-28(32(35)31(27)34)26-16-11-23(12-17-26)7-8-24-13-20-30(36-2)29(33)21-24/h7-8,11-13,16-22,25H,3-6,9-10,14-15H2,1-2H3/b8-7+. The van der Waals surface area contributed by atoms with E-state index < -0.39 is 17.5 Å². The Morgan fingerprint density at radius 3 is 2.17 bits per heavy atom. The zero-order valence-corrected chi connectivity index (χ0v) is 21.2. The predicted octanol–water partition coefficient (Wildman–Crippen LogP) is 9.80. The quantitative estimate of drug-likeness (QED) is 0.213. The van der Waals surface area contributed by atoms with Crippen LogP contribution in [0.2, 0.25) is 0 Å². The molecule has 1 saturated carbocycles. The summed E-state index contributed by atoms with van der Waals surface area (Å²) < 4.78 is 49.1. The van der Waals surface area contributed by atoms with Crippen LogP contribution in [0, 0.1) is 23.4 Å². The van der Waals surface area contributed by atoms with Crippen LogP contribution in [0.1, 0.15) is 80.9 Å². The monoisotopic (exact) mass is 492 g/mol. The zero-order chi connectivity index (χ0) is 25.5. The number of hydrogen-bond donors (Lipinski definition) is 0. The van der Waals surface area contributed by atoms with Gasteiger partial charge < -0.3 is 4.74 Å². The Balaban J connectivity index is 1.42. The van der Waals surface area contributed by atoms with Crippen molar-refractivity contribution >= 4 is 12.2 Å². The zero-order valence-electron chi connectivity index (χ0n) is 21.2. The van der Waals surface area contributed by atoms with Crippen molar-refractivity contribution in [2.45, 2.75) is 64.2 Å². The van der Waals surface area contributed by atoms with Crippen LogP contribution in [-0.2, 0) is 0 Å². The van der Waals surface area contributed by atoms with Crippen LogP contribution in [0.4, 0.5) is 13.2 Å². The molecule has 1 fully saturated rings. The first-order chi connectivity index (χ1) is 17.5. The van der Waals surface area contributed by atoms with Gasteiger partial charge >= 0.3 is 0 Å². The van der Waals surface area contributed by atoms with Gasteiger partial charge in [-0.15, -0.1) is 0 Å². The molecule has 190 valence electrons. The van der Waals surface area contributed by atoms with Crippen molar-refractivity contribution < 1.29 is 17.9 Å². The fourth-order valence-corrected chi connectivity index (χ4v) is 5.30. The van der Waals surface area contributed by atoms with E-state index >= 15 is 8.78 Å². The van der Waals surface area contributed by atoms with E-state index in [2.05, 4.69) is 6.92 Å². The van der Waals surface area contributed by atoms with E-state index in [1.807, 2.05) is 18.2 Å². The first-order valence-corrected chi connectivity index (χ1v) is 13.1. The molecule has 0 aromatic heterocycles. The van der Waals surface area contributed by atoms with Crippen molar-refractivity contribution in [3.63, 3.8) is 0 Å². The number of halogens is 3. The molecule has 0 saturated heterocycles. The van der Waals surface area contributed by atoms with E-state index in [-0.39, 0.29) is 17.2 Å². The fraction of sp³-hybridized carbons (Fsp3) is 0.375. The molecule has 0 heterocycles. The van der Waals surface area contributed by atoms with Crippen LogP contribution in [0.3, 0.4) is 0 Å². The third-order valence-electron chi connectivity index (χ3n) is 7.48. The second-order valence-corrected chi connectivity index (χ2v) is 9.89. The summed E-state index contributed by atoms with van der Waals surface area (Å²) in [6.07, 6.45) is 12.8. The number of methoxy groups -OCH3 is 1. The number of unbranched alkanes of at least 4 members (excludes halogenated alkanes) is 2. The van der Waals surface area contributed by atoms with Gasteiger partial charge in [0.05, 0.1) is 7.11 Å². The summed E-state index contributed by atoms with van der Waals surface area (Å²) >= 11 is 0. The highest BCUT2D eigenvalue weighted by Crippen LogP contribution is 2.40. The second-order valence-electron chi connectivity index (χ2n) is 9.89. The molecule has 0 atom stereocenters. The molecule has 1 aliphatic rings. The minimum absolute atomic E-state index is 0.103. The maximum atomic E-state index is 15.1. The predicted molar refractivity (Wildman–Crippen MR) is 143 cm³/mol. The van der Waals surface area contributed by atoms with Crippen LogP contribution < -0.4 is 4.74 Å². The SMILES string of the molecule is CCCCCC1CCC(c2ccc(-c3ccc(/C=C/c4ccc(OC)c(F)c4)cc3)c(F)c2F)CC1. The summed E-state index contributed by atoms with van der Waals surface area (Å²) in [7, 11) is 1.43. The lowest BCUT2D eigenvalue weighted by Crippen LogP contribution is -2.15. The lowest BCUT2D eigenvalue weighted by atomic mass is 9.76. The highest BCUT2D eigenvalue weighted by molar-refractivity contribution is 5.72. The summed E-state index contributed by atoms with van der Waals surface area (Å²) in [6.45, 7) is 2.22. The van der Waals surface area contributed by atoms with Crippen molar-refractivity contribution in [2.75, 3.05) is 7.11 Å². The molecule has 0 aliphatic heterocycles. The molecule has 1 nitrogen and oxygen atoms in total. The average molecular weight is 493 g/mol. The number of benzene rings is 3. The van der Waals surface area contributed by atoms with Crippen molar-refractivity contribution in [2.24, 2.45) is 5.92 Å². The maximum absolute atomic E-state index is 15.1. The Morgan fingerprint density at radius 1 is 0.806 bits per heavy atom. The summed E-state index contributed by atoms with van der Waals surface area (Å²) in [5, 5.41) is 0. The Bertz CT molecular complexity index is 1170.